The first-order chi connectivity index (χ1) is 17.0. The lowest BCUT2D eigenvalue weighted by atomic mass is 9.72. The molecule has 0 fully saturated rings. The number of Topliss-reactive ketones (excluding diaryl/α,β-unsaturated/α-hetero) is 1. The number of nitrogens with zero attached hydrogens (tertiary/aromatic N) is 1. The van der Waals surface area contributed by atoms with Gasteiger partial charge in [-0.05, 0) is 42.2 Å². The number of carboxylic acids is 1. The lowest BCUT2D eigenvalue weighted by molar-refractivity contribution is -0.120. The number of ketones is 1. The van der Waals surface area contributed by atoms with Crippen LogP contribution in [0.15, 0.2) is 90.1 Å². The molecule has 1 aliphatic carbocycles. The van der Waals surface area contributed by atoms with Crippen molar-refractivity contribution in [3.63, 3.8) is 0 Å². The highest BCUT2D eigenvalue weighted by Gasteiger charge is 2.43. The molecule has 6 heteroatoms. The van der Waals surface area contributed by atoms with E-state index in [1.165, 1.54) is 12.1 Å². The van der Waals surface area contributed by atoms with E-state index in [0.29, 0.717) is 35.5 Å². The van der Waals surface area contributed by atoms with Crippen molar-refractivity contribution in [3.05, 3.63) is 107 Å². The molecule has 6 nitrogen and oxygen atoms in total. The summed E-state index contributed by atoms with van der Waals surface area (Å²) in [7, 11) is 1.58. The highest BCUT2D eigenvalue weighted by molar-refractivity contribution is 6.08. The second-order valence-corrected chi connectivity index (χ2v) is 8.88. The van der Waals surface area contributed by atoms with Crippen molar-refractivity contribution in [2.45, 2.75) is 31.1 Å². The third kappa shape index (κ3) is 4.12. The standard InChI is InChI=1S/C29H25NO5/c1-35-26-13-6-5-12-22(26)23-17-27(32)30(21-11-7-10-19(14-21)29(33)34)24-15-20(16-25(31)28(23)24)18-8-3-2-4-9-18/h2-14,20,23H,15-17H2,1H3,(H,33,34). The summed E-state index contributed by atoms with van der Waals surface area (Å²) in [5.74, 6) is -1.10. The van der Waals surface area contributed by atoms with Gasteiger partial charge in [0.05, 0.1) is 12.7 Å². The molecule has 0 aromatic heterocycles. The van der Waals surface area contributed by atoms with Crippen LogP contribution in [-0.4, -0.2) is 29.9 Å². The van der Waals surface area contributed by atoms with E-state index in [1.807, 2.05) is 54.6 Å². The van der Waals surface area contributed by atoms with Crippen LogP contribution in [0.5, 0.6) is 5.75 Å². The Morgan fingerprint density at radius 1 is 0.914 bits per heavy atom. The van der Waals surface area contributed by atoms with Gasteiger partial charge < -0.3 is 9.84 Å². The van der Waals surface area contributed by atoms with Crippen molar-refractivity contribution in [1.82, 2.24) is 0 Å². The Balaban J connectivity index is 1.68. The third-order valence-electron chi connectivity index (χ3n) is 6.87. The number of methoxy groups -OCH3 is 1. The summed E-state index contributed by atoms with van der Waals surface area (Å²) in [5, 5.41) is 9.50. The van der Waals surface area contributed by atoms with E-state index in [4.69, 9.17) is 4.74 Å². The maximum Gasteiger partial charge on any atom is 0.335 e. The van der Waals surface area contributed by atoms with Gasteiger partial charge in [0, 0.05) is 41.3 Å². The van der Waals surface area contributed by atoms with E-state index in [0.717, 1.165) is 11.1 Å². The number of ether oxygens (including phenoxy) is 1. The molecule has 1 heterocycles. The lowest BCUT2D eigenvalue weighted by Crippen LogP contribution is -2.42. The molecule has 0 radical (unpaired) electrons. The highest BCUT2D eigenvalue weighted by atomic mass is 16.5. The molecular formula is C29H25NO5. The molecular weight excluding hydrogens is 442 g/mol. The van der Waals surface area contributed by atoms with Gasteiger partial charge in [0.25, 0.3) is 0 Å². The zero-order valence-electron chi connectivity index (χ0n) is 19.3. The van der Waals surface area contributed by atoms with Crippen LogP contribution in [0.3, 0.4) is 0 Å². The van der Waals surface area contributed by atoms with E-state index in [-0.39, 0.29) is 29.6 Å². The maximum absolute atomic E-state index is 13.7. The number of carbonyl (C=O) groups excluding carboxylic acids is 2. The molecule has 2 unspecified atom stereocenters. The number of para-hydroxylation sites is 1. The third-order valence-corrected chi connectivity index (χ3v) is 6.87. The number of amides is 1. The number of allylic oxidation sites excluding steroid dienone is 2. The molecule has 35 heavy (non-hydrogen) atoms. The first-order valence-corrected chi connectivity index (χ1v) is 11.6. The van der Waals surface area contributed by atoms with Crippen LogP contribution in [0, 0.1) is 0 Å². The van der Waals surface area contributed by atoms with Crippen LogP contribution in [0.25, 0.3) is 0 Å². The van der Waals surface area contributed by atoms with Gasteiger partial charge >= 0.3 is 5.97 Å². The lowest BCUT2D eigenvalue weighted by Gasteiger charge is -2.40. The summed E-state index contributed by atoms with van der Waals surface area (Å²) >= 11 is 0. The van der Waals surface area contributed by atoms with E-state index in [9.17, 15) is 19.5 Å². The van der Waals surface area contributed by atoms with E-state index in [2.05, 4.69) is 0 Å². The van der Waals surface area contributed by atoms with Crippen LogP contribution < -0.4 is 9.64 Å². The summed E-state index contributed by atoms with van der Waals surface area (Å²) < 4.78 is 5.57. The molecule has 2 atom stereocenters. The molecule has 5 rings (SSSR count). The van der Waals surface area contributed by atoms with Gasteiger partial charge in [-0.2, -0.15) is 0 Å². The Kier molecular flexibility index (Phi) is 5.95. The molecule has 2 aliphatic rings. The van der Waals surface area contributed by atoms with E-state index in [1.54, 1.807) is 24.1 Å². The number of anilines is 1. The summed E-state index contributed by atoms with van der Waals surface area (Å²) in [6, 6.07) is 23.6. The molecule has 0 bridgehead atoms. The van der Waals surface area contributed by atoms with Gasteiger partial charge in [0.1, 0.15) is 5.75 Å². The zero-order valence-corrected chi connectivity index (χ0v) is 19.3. The predicted molar refractivity (Wildman–Crippen MR) is 132 cm³/mol. The van der Waals surface area contributed by atoms with Crippen molar-refractivity contribution >= 4 is 23.3 Å². The van der Waals surface area contributed by atoms with Crippen LogP contribution in [0.2, 0.25) is 0 Å². The molecule has 176 valence electrons. The number of carbonyl (C=O) groups is 3. The van der Waals surface area contributed by atoms with Crippen LogP contribution >= 0.6 is 0 Å². The Morgan fingerprint density at radius 2 is 1.66 bits per heavy atom. The van der Waals surface area contributed by atoms with E-state index < -0.39 is 11.9 Å². The van der Waals surface area contributed by atoms with Gasteiger partial charge in [-0.1, -0.05) is 54.6 Å². The van der Waals surface area contributed by atoms with Gasteiger partial charge in [0.15, 0.2) is 5.78 Å². The SMILES string of the molecule is COc1ccccc1C1CC(=O)N(c2cccc(C(=O)O)c2)C2=C1C(=O)CC(c1ccccc1)C2. The second-order valence-electron chi connectivity index (χ2n) is 8.88. The fraction of sp³-hybridized carbons (Fsp3) is 0.207. The monoisotopic (exact) mass is 467 g/mol. The minimum Gasteiger partial charge on any atom is -0.496 e. The maximum atomic E-state index is 13.7. The largest absolute Gasteiger partial charge is 0.496 e. The molecule has 1 N–H and O–H groups in total. The molecule has 1 amide bonds. The number of rotatable bonds is 5. The number of hydrogen-bond acceptors (Lipinski definition) is 4. The van der Waals surface area contributed by atoms with Crippen molar-refractivity contribution < 1.29 is 24.2 Å². The number of carboxylic acid groups (broad SMARTS) is 1. The quantitative estimate of drug-likeness (QED) is 0.549. The summed E-state index contributed by atoms with van der Waals surface area (Å²) in [6.45, 7) is 0. The highest BCUT2D eigenvalue weighted by Crippen LogP contribution is 2.48. The van der Waals surface area contributed by atoms with Crippen molar-refractivity contribution in [2.24, 2.45) is 0 Å². The summed E-state index contributed by atoms with van der Waals surface area (Å²) in [5.41, 5.74) is 3.65. The average Bonchev–Trinajstić information content (AvgIpc) is 2.88. The Morgan fingerprint density at radius 3 is 2.40 bits per heavy atom. The first kappa shape index (κ1) is 22.6. The van der Waals surface area contributed by atoms with Crippen LogP contribution in [0.1, 0.15) is 52.6 Å². The fourth-order valence-electron chi connectivity index (χ4n) is 5.29. The Labute approximate surface area is 203 Å². The smallest absolute Gasteiger partial charge is 0.335 e. The molecule has 1 aliphatic heterocycles. The molecule has 0 spiro atoms. The van der Waals surface area contributed by atoms with Gasteiger partial charge in [-0.15, -0.1) is 0 Å². The fourth-order valence-corrected chi connectivity index (χ4v) is 5.29. The second kappa shape index (κ2) is 9.22. The van der Waals surface area contributed by atoms with E-state index >= 15 is 0 Å². The van der Waals surface area contributed by atoms with Gasteiger partial charge in [0.2, 0.25) is 5.91 Å². The van der Waals surface area contributed by atoms with Crippen LogP contribution in [0.4, 0.5) is 5.69 Å². The summed E-state index contributed by atoms with van der Waals surface area (Å²) in [6.07, 6.45) is 0.948. The minimum atomic E-state index is -1.07. The Hall–Kier alpha value is -4.19. The molecule has 3 aromatic rings. The number of aromatic carboxylic acids is 1. The zero-order chi connectivity index (χ0) is 24.5. The summed E-state index contributed by atoms with van der Waals surface area (Å²) in [4.78, 5) is 40.5. The average molecular weight is 468 g/mol. The first-order valence-electron chi connectivity index (χ1n) is 11.6. The van der Waals surface area contributed by atoms with Crippen molar-refractivity contribution in [2.75, 3.05) is 12.0 Å². The van der Waals surface area contributed by atoms with Gasteiger partial charge in [-0.3, -0.25) is 14.5 Å². The van der Waals surface area contributed by atoms with Crippen molar-refractivity contribution in [1.29, 1.82) is 0 Å². The molecule has 0 saturated heterocycles. The predicted octanol–water partition coefficient (Wildman–Crippen LogP) is 5.31. The topological polar surface area (TPSA) is 83.9 Å². The van der Waals surface area contributed by atoms with Crippen molar-refractivity contribution in [3.8, 4) is 5.75 Å². The molecule has 0 saturated carbocycles. The minimum absolute atomic E-state index is 0.00268. The molecule has 3 aromatic carbocycles. The van der Waals surface area contributed by atoms with Gasteiger partial charge in [-0.25, -0.2) is 4.79 Å². The Bertz CT molecular complexity index is 1340. The van der Waals surface area contributed by atoms with Crippen LogP contribution in [-0.2, 0) is 9.59 Å². The number of hydrogen-bond donors (Lipinski definition) is 1. The number of benzene rings is 3. The normalized spacial score (nSPS) is 20.0.